The van der Waals surface area contributed by atoms with Gasteiger partial charge in [0.2, 0.25) is 0 Å². The monoisotopic (exact) mass is 370 g/mol. The van der Waals surface area contributed by atoms with Crippen molar-refractivity contribution in [2.75, 3.05) is 20.1 Å². The highest BCUT2D eigenvalue weighted by atomic mass is 16.5. The molecule has 0 bridgehead atoms. The molecule has 0 aliphatic rings. The zero-order valence-electron chi connectivity index (χ0n) is 17.6. The minimum atomic E-state index is 0.0284. The van der Waals surface area contributed by atoms with Crippen molar-refractivity contribution in [3.8, 4) is 0 Å². The summed E-state index contributed by atoms with van der Waals surface area (Å²) in [6.07, 6.45) is 3.04. The Labute approximate surface area is 163 Å². The molecule has 1 aromatic carbocycles. The van der Waals surface area contributed by atoms with Crippen LogP contribution in [0.5, 0.6) is 0 Å². The highest BCUT2D eigenvalue weighted by Gasteiger charge is 2.20. The Morgan fingerprint density at radius 1 is 1.15 bits per heavy atom. The maximum atomic E-state index is 5.22. The minimum absolute atomic E-state index is 0.0284. The van der Waals surface area contributed by atoms with Crippen LogP contribution in [-0.2, 0) is 18.3 Å². The molecule has 0 radical (unpaired) electrons. The predicted molar refractivity (Wildman–Crippen MR) is 113 cm³/mol. The van der Waals surface area contributed by atoms with Gasteiger partial charge in [0.25, 0.3) is 0 Å². The van der Waals surface area contributed by atoms with Crippen molar-refractivity contribution in [3.05, 3.63) is 52.4 Å². The molecule has 5 nitrogen and oxygen atoms in total. The van der Waals surface area contributed by atoms with Crippen LogP contribution in [-0.4, -0.2) is 31.3 Å². The van der Waals surface area contributed by atoms with Gasteiger partial charge in [0.1, 0.15) is 5.76 Å². The van der Waals surface area contributed by atoms with Crippen molar-refractivity contribution in [3.63, 3.8) is 0 Å². The topological polar surface area (TPSA) is 62.5 Å². The Hall–Kier alpha value is -2.30. The standard InChI is InChI=1S/C22H34N4O/c1-7-18-10-12-19(13-11-18)22(4,5)15-25-21(23-6)24-14-8-9-20-16(2)26-27-17(20)3/h10-13H,7-9,14-15H2,1-6H3,(H2,23,24,25). The Bertz CT molecular complexity index is 725. The third-order valence-corrected chi connectivity index (χ3v) is 5.14. The first-order valence-electron chi connectivity index (χ1n) is 9.83. The highest BCUT2D eigenvalue weighted by Crippen LogP contribution is 2.22. The van der Waals surface area contributed by atoms with E-state index >= 15 is 0 Å². The van der Waals surface area contributed by atoms with Gasteiger partial charge in [0, 0.05) is 31.1 Å². The molecule has 5 heteroatoms. The highest BCUT2D eigenvalue weighted by molar-refractivity contribution is 5.79. The van der Waals surface area contributed by atoms with Gasteiger partial charge in [-0.15, -0.1) is 0 Å². The van der Waals surface area contributed by atoms with Gasteiger partial charge in [-0.25, -0.2) is 0 Å². The van der Waals surface area contributed by atoms with Crippen LogP contribution in [0.4, 0.5) is 0 Å². The zero-order chi connectivity index (χ0) is 19.9. The van der Waals surface area contributed by atoms with E-state index in [-0.39, 0.29) is 5.41 Å². The second-order valence-corrected chi connectivity index (χ2v) is 7.69. The Balaban J connectivity index is 1.80. The molecule has 27 heavy (non-hydrogen) atoms. The molecule has 2 aromatic rings. The average molecular weight is 371 g/mol. The fraction of sp³-hybridized carbons (Fsp3) is 0.545. The first kappa shape index (κ1) is 21.0. The number of aliphatic imine (C=N–C) groups is 1. The first-order valence-corrected chi connectivity index (χ1v) is 9.83. The first-order chi connectivity index (χ1) is 12.9. The van der Waals surface area contributed by atoms with Crippen molar-refractivity contribution < 1.29 is 4.52 Å². The van der Waals surface area contributed by atoms with Crippen molar-refractivity contribution >= 4 is 5.96 Å². The molecule has 0 aliphatic carbocycles. The number of aryl methyl sites for hydroxylation is 3. The van der Waals surface area contributed by atoms with Gasteiger partial charge >= 0.3 is 0 Å². The van der Waals surface area contributed by atoms with Crippen molar-refractivity contribution in [2.24, 2.45) is 4.99 Å². The summed E-state index contributed by atoms with van der Waals surface area (Å²) in [5.41, 5.74) is 4.95. The third-order valence-electron chi connectivity index (χ3n) is 5.14. The predicted octanol–water partition coefficient (Wildman–Crippen LogP) is 3.93. The van der Waals surface area contributed by atoms with Crippen LogP contribution in [0.15, 0.2) is 33.8 Å². The molecule has 0 atom stereocenters. The van der Waals surface area contributed by atoms with E-state index in [1.165, 1.54) is 16.7 Å². The van der Waals surface area contributed by atoms with E-state index in [0.29, 0.717) is 0 Å². The fourth-order valence-electron chi connectivity index (χ4n) is 3.15. The number of nitrogens with one attached hydrogen (secondary N) is 2. The van der Waals surface area contributed by atoms with Crippen LogP contribution in [0, 0.1) is 13.8 Å². The Kier molecular flexibility index (Phi) is 7.45. The normalized spacial score (nSPS) is 12.3. The van der Waals surface area contributed by atoms with Gasteiger partial charge in [-0.1, -0.05) is 50.2 Å². The maximum absolute atomic E-state index is 5.22. The summed E-state index contributed by atoms with van der Waals surface area (Å²) in [6, 6.07) is 8.92. The minimum Gasteiger partial charge on any atom is -0.361 e. The largest absolute Gasteiger partial charge is 0.361 e. The van der Waals surface area contributed by atoms with E-state index in [1.54, 1.807) is 0 Å². The second kappa shape index (κ2) is 9.58. The summed E-state index contributed by atoms with van der Waals surface area (Å²) in [4.78, 5) is 4.35. The lowest BCUT2D eigenvalue weighted by atomic mass is 9.84. The third kappa shape index (κ3) is 5.84. The number of benzene rings is 1. The zero-order valence-corrected chi connectivity index (χ0v) is 17.6. The van der Waals surface area contributed by atoms with Crippen molar-refractivity contribution in [1.82, 2.24) is 15.8 Å². The summed E-state index contributed by atoms with van der Waals surface area (Å²) in [5, 5.41) is 10.9. The fourth-order valence-corrected chi connectivity index (χ4v) is 3.15. The van der Waals surface area contributed by atoms with Crippen LogP contribution >= 0.6 is 0 Å². The molecule has 1 aromatic heterocycles. The summed E-state index contributed by atoms with van der Waals surface area (Å²) in [5.74, 6) is 1.76. The molecule has 0 unspecified atom stereocenters. The van der Waals surface area contributed by atoms with Crippen molar-refractivity contribution in [2.45, 2.75) is 59.3 Å². The van der Waals surface area contributed by atoms with E-state index in [0.717, 1.165) is 49.8 Å². The molecule has 0 saturated carbocycles. The molecule has 0 amide bonds. The molecule has 2 N–H and O–H groups in total. The molecule has 0 fully saturated rings. The molecule has 2 rings (SSSR count). The number of hydrogen-bond acceptors (Lipinski definition) is 3. The lowest BCUT2D eigenvalue weighted by Gasteiger charge is -2.27. The van der Waals surface area contributed by atoms with Gasteiger partial charge < -0.3 is 15.2 Å². The van der Waals surface area contributed by atoms with Gasteiger partial charge in [0.15, 0.2) is 5.96 Å². The number of aromatic nitrogens is 1. The summed E-state index contributed by atoms with van der Waals surface area (Å²) < 4.78 is 5.22. The van der Waals surface area contributed by atoms with Crippen LogP contribution in [0.1, 0.15) is 55.3 Å². The number of rotatable bonds is 8. The smallest absolute Gasteiger partial charge is 0.191 e. The Morgan fingerprint density at radius 2 is 1.85 bits per heavy atom. The maximum Gasteiger partial charge on any atom is 0.191 e. The summed E-state index contributed by atoms with van der Waals surface area (Å²) >= 11 is 0. The van der Waals surface area contributed by atoms with Gasteiger partial charge in [0.05, 0.1) is 5.69 Å². The molecule has 1 heterocycles. The lowest BCUT2D eigenvalue weighted by Crippen LogP contribution is -2.43. The average Bonchev–Trinajstić information content (AvgIpc) is 2.99. The van der Waals surface area contributed by atoms with E-state index < -0.39 is 0 Å². The molecule has 148 valence electrons. The molecular weight excluding hydrogens is 336 g/mol. The van der Waals surface area contributed by atoms with E-state index in [9.17, 15) is 0 Å². The van der Waals surface area contributed by atoms with Crippen LogP contribution in [0.2, 0.25) is 0 Å². The summed E-state index contributed by atoms with van der Waals surface area (Å²) in [6.45, 7) is 12.3. The van der Waals surface area contributed by atoms with Gasteiger partial charge in [-0.2, -0.15) is 0 Å². The molecule has 0 saturated heterocycles. The Morgan fingerprint density at radius 3 is 2.41 bits per heavy atom. The second-order valence-electron chi connectivity index (χ2n) is 7.69. The van der Waals surface area contributed by atoms with Crippen LogP contribution in [0.3, 0.4) is 0 Å². The lowest BCUT2D eigenvalue weighted by molar-refractivity contribution is 0.392. The van der Waals surface area contributed by atoms with Gasteiger partial charge in [-0.3, -0.25) is 4.99 Å². The number of nitrogens with zero attached hydrogens (tertiary/aromatic N) is 2. The quantitative estimate of drug-likeness (QED) is 0.420. The van der Waals surface area contributed by atoms with E-state index in [4.69, 9.17) is 4.52 Å². The number of hydrogen-bond donors (Lipinski definition) is 2. The van der Waals surface area contributed by atoms with Gasteiger partial charge in [-0.05, 0) is 44.2 Å². The number of guanidine groups is 1. The van der Waals surface area contributed by atoms with E-state index in [1.807, 2.05) is 20.9 Å². The summed E-state index contributed by atoms with van der Waals surface area (Å²) in [7, 11) is 1.81. The van der Waals surface area contributed by atoms with Crippen LogP contribution < -0.4 is 10.6 Å². The molecular formula is C22H34N4O. The SMILES string of the molecule is CCc1ccc(C(C)(C)CNC(=NC)NCCCc2c(C)noc2C)cc1. The molecule has 0 spiro atoms. The molecule has 0 aliphatic heterocycles. The van der Waals surface area contributed by atoms with E-state index in [2.05, 4.69) is 65.8 Å². The van der Waals surface area contributed by atoms with Crippen molar-refractivity contribution in [1.29, 1.82) is 0 Å². The van der Waals surface area contributed by atoms with Crippen LogP contribution in [0.25, 0.3) is 0 Å².